The van der Waals surface area contributed by atoms with Crippen LogP contribution in [0.1, 0.15) is 12.5 Å². The van der Waals surface area contributed by atoms with Gasteiger partial charge in [-0.2, -0.15) is 0 Å². The molecule has 0 aliphatic heterocycles. The number of hydrogen-bond donors (Lipinski definition) is 0. The molecule has 1 heteroatoms. The Balaban J connectivity index is 1.86. The first kappa shape index (κ1) is 14.9. The van der Waals surface area contributed by atoms with E-state index >= 15 is 0 Å². The van der Waals surface area contributed by atoms with Crippen molar-refractivity contribution in [2.24, 2.45) is 0 Å². The zero-order chi connectivity index (χ0) is 16.5. The molecular weight excluding hydrogens is 308 g/mol. The van der Waals surface area contributed by atoms with Gasteiger partial charge in [-0.05, 0) is 53.5 Å². The van der Waals surface area contributed by atoms with Crippen LogP contribution in [0.2, 0.25) is 0 Å². The molecule has 0 fully saturated rings. The maximum Gasteiger partial charge on any atom is 0.0355 e. The van der Waals surface area contributed by atoms with Crippen molar-refractivity contribution < 1.29 is 0 Å². The molecule has 0 spiro atoms. The van der Waals surface area contributed by atoms with E-state index in [4.69, 9.17) is 0 Å². The SMILES string of the molecule is C=C(/C=C\C)c1cccc(-c2ccc3sc4ccccc4c3c2)c1. The number of fused-ring (bicyclic) bond motifs is 3. The Kier molecular flexibility index (Phi) is 3.79. The lowest BCUT2D eigenvalue weighted by Gasteiger charge is -2.06. The molecule has 3 aromatic carbocycles. The zero-order valence-electron chi connectivity index (χ0n) is 13.6. The van der Waals surface area contributed by atoms with Crippen molar-refractivity contribution in [1.29, 1.82) is 0 Å². The Morgan fingerprint density at radius 3 is 2.50 bits per heavy atom. The Morgan fingerprint density at radius 1 is 0.833 bits per heavy atom. The van der Waals surface area contributed by atoms with Crippen LogP contribution in [0.3, 0.4) is 0 Å². The lowest BCUT2D eigenvalue weighted by Crippen LogP contribution is -1.83. The molecule has 0 N–H and O–H groups in total. The summed E-state index contributed by atoms with van der Waals surface area (Å²) in [7, 11) is 0. The van der Waals surface area contributed by atoms with Crippen LogP contribution < -0.4 is 0 Å². The molecular formula is C23H18S. The van der Waals surface area contributed by atoms with Gasteiger partial charge in [0.1, 0.15) is 0 Å². The van der Waals surface area contributed by atoms with Crippen molar-refractivity contribution in [2.45, 2.75) is 6.92 Å². The summed E-state index contributed by atoms with van der Waals surface area (Å²) in [4.78, 5) is 0. The van der Waals surface area contributed by atoms with Crippen molar-refractivity contribution >= 4 is 37.1 Å². The molecule has 0 radical (unpaired) electrons. The van der Waals surface area contributed by atoms with Gasteiger partial charge in [0.05, 0.1) is 0 Å². The van der Waals surface area contributed by atoms with Gasteiger partial charge in [-0.1, -0.05) is 61.2 Å². The van der Waals surface area contributed by atoms with Crippen molar-refractivity contribution in [3.8, 4) is 11.1 Å². The summed E-state index contributed by atoms with van der Waals surface area (Å²) in [5, 5.41) is 2.68. The second-order valence-electron chi connectivity index (χ2n) is 5.92. The zero-order valence-corrected chi connectivity index (χ0v) is 14.4. The summed E-state index contributed by atoms with van der Waals surface area (Å²) >= 11 is 1.86. The third-order valence-corrected chi connectivity index (χ3v) is 5.46. The van der Waals surface area contributed by atoms with E-state index in [1.807, 2.05) is 24.3 Å². The molecule has 0 saturated carbocycles. The first-order valence-electron chi connectivity index (χ1n) is 8.10. The topological polar surface area (TPSA) is 0 Å². The Labute approximate surface area is 146 Å². The number of hydrogen-bond acceptors (Lipinski definition) is 1. The minimum absolute atomic E-state index is 1.04. The van der Waals surface area contributed by atoms with Crippen molar-refractivity contribution in [3.63, 3.8) is 0 Å². The van der Waals surface area contributed by atoms with Crippen LogP contribution in [0, 0.1) is 0 Å². The summed E-state index contributed by atoms with van der Waals surface area (Å²) in [6.07, 6.45) is 4.08. The van der Waals surface area contributed by atoms with E-state index in [2.05, 4.69) is 79.4 Å². The normalized spacial score (nSPS) is 11.5. The second kappa shape index (κ2) is 6.10. The van der Waals surface area contributed by atoms with Gasteiger partial charge in [0, 0.05) is 20.2 Å². The van der Waals surface area contributed by atoms with Gasteiger partial charge in [-0.15, -0.1) is 11.3 Å². The summed E-state index contributed by atoms with van der Waals surface area (Å²) in [6, 6.07) is 24.0. The minimum atomic E-state index is 1.04. The van der Waals surface area contributed by atoms with E-state index in [9.17, 15) is 0 Å². The highest BCUT2D eigenvalue weighted by atomic mass is 32.1. The van der Waals surface area contributed by atoms with Crippen LogP contribution in [-0.4, -0.2) is 0 Å². The molecule has 0 saturated heterocycles. The van der Waals surface area contributed by atoms with E-state index in [1.54, 1.807) is 0 Å². The fourth-order valence-corrected chi connectivity index (χ4v) is 4.19. The van der Waals surface area contributed by atoms with Gasteiger partial charge in [-0.25, -0.2) is 0 Å². The van der Waals surface area contributed by atoms with Crippen molar-refractivity contribution in [3.05, 3.63) is 91.0 Å². The molecule has 0 nitrogen and oxygen atoms in total. The van der Waals surface area contributed by atoms with Crippen LogP contribution in [0.5, 0.6) is 0 Å². The number of benzene rings is 3. The number of rotatable bonds is 3. The van der Waals surface area contributed by atoms with Crippen LogP contribution in [0.25, 0.3) is 36.9 Å². The maximum absolute atomic E-state index is 4.15. The number of thiophene rings is 1. The highest BCUT2D eigenvalue weighted by molar-refractivity contribution is 7.25. The van der Waals surface area contributed by atoms with Crippen molar-refractivity contribution in [2.75, 3.05) is 0 Å². The monoisotopic (exact) mass is 326 g/mol. The lowest BCUT2D eigenvalue weighted by atomic mass is 9.98. The third-order valence-electron chi connectivity index (χ3n) is 4.31. The quantitative estimate of drug-likeness (QED) is 0.346. The van der Waals surface area contributed by atoms with Gasteiger partial charge in [-0.3, -0.25) is 0 Å². The summed E-state index contributed by atoms with van der Waals surface area (Å²) in [5.74, 6) is 0. The van der Waals surface area contributed by atoms with E-state index in [0.29, 0.717) is 0 Å². The van der Waals surface area contributed by atoms with Crippen LogP contribution in [0.4, 0.5) is 0 Å². The molecule has 4 rings (SSSR count). The molecule has 0 amide bonds. The van der Waals surface area contributed by atoms with E-state index in [-0.39, 0.29) is 0 Å². The summed E-state index contributed by atoms with van der Waals surface area (Å²) in [5.41, 5.74) is 4.69. The highest BCUT2D eigenvalue weighted by Crippen LogP contribution is 2.36. The largest absolute Gasteiger partial charge is 0.135 e. The first-order chi connectivity index (χ1) is 11.8. The molecule has 0 unspecified atom stereocenters. The smallest absolute Gasteiger partial charge is 0.0355 e. The first-order valence-corrected chi connectivity index (χ1v) is 8.91. The molecule has 0 bridgehead atoms. The van der Waals surface area contributed by atoms with Gasteiger partial charge in [0.2, 0.25) is 0 Å². The molecule has 0 aliphatic carbocycles. The van der Waals surface area contributed by atoms with Gasteiger partial charge < -0.3 is 0 Å². The average molecular weight is 326 g/mol. The average Bonchev–Trinajstić information content (AvgIpc) is 3.00. The Bertz CT molecular complexity index is 1080. The van der Waals surface area contributed by atoms with Crippen LogP contribution in [-0.2, 0) is 0 Å². The highest BCUT2D eigenvalue weighted by Gasteiger charge is 2.07. The fourth-order valence-electron chi connectivity index (χ4n) is 3.10. The lowest BCUT2D eigenvalue weighted by molar-refractivity contribution is 1.59. The Morgan fingerprint density at radius 2 is 1.62 bits per heavy atom. The molecule has 0 aliphatic rings. The standard InChI is InChI=1S/C23H18S/c1-3-7-16(2)17-8-6-9-18(14-17)19-12-13-23-21(15-19)20-10-4-5-11-22(20)24-23/h3-15H,2H2,1H3/b7-3-. The van der Waals surface area contributed by atoms with E-state index < -0.39 is 0 Å². The van der Waals surface area contributed by atoms with E-state index in [0.717, 1.165) is 5.57 Å². The van der Waals surface area contributed by atoms with E-state index in [1.165, 1.54) is 36.9 Å². The number of allylic oxidation sites excluding steroid dienone is 3. The predicted molar refractivity (Wildman–Crippen MR) is 109 cm³/mol. The van der Waals surface area contributed by atoms with Gasteiger partial charge >= 0.3 is 0 Å². The molecule has 116 valence electrons. The third kappa shape index (κ3) is 2.57. The fraction of sp³-hybridized carbons (Fsp3) is 0.0435. The summed E-state index contributed by atoms with van der Waals surface area (Å²) < 4.78 is 2.69. The molecule has 1 aromatic heterocycles. The molecule has 0 atom stereocenters. The summed E-state index contributed by atoms with van der Waals surface area (Å²) in [6.45, 7) is 6.17. The van der Waals surface area contributed by atoms with Gasteiger partial charge in [0.15, 0.2) is 0 Å². The van der Waals surface area contributed by atoms with Crippen molar-refractivity contribution in [1.82, 2.24) is 0 Å². The molecule has 24 heavy (non-hydrogen) atoms. The predicted octanol–water partition coefficient (Wildman–Crippen LogP) is 7.31. The Hall–Kier alpha value is -2.64. The molecule has 1 heterocycles. The maximum atomic E-state index is 4.15. The molecule has 4 aromatic rings. The van der Waals surface area contributed by atoms with Gasteiger partial charge in [0.25, 0.3) is 0 Å². The van der Waals surface area contributed by atoms with Crippen LogP contribution >= 0.6 is 11.3 Å². The van der Waals surface area contributed by atoms with Crippen LogP contribution in [0.15, 0.2) is 85.5 Å². The second-order valence-corrected chi connectivity index (χ2v) is 7.00. The minimum Gasteiger partial charge on any atom is -0.135 e.